The van der Waals surface area contributed by atoms with E-state index in [0.29, 0.717) is 12.8 Å². The number of fused-ring (bicyclic) bond motifs is 1. The molecule has 1 fully saturated rings. The second kappa shape index (κ2) is 4.78. The van der Waals surface area contributed by atoms with Gasteiger partial charge in [-0.2, -0.15) is 0 Å². The summed E-state index contributed by atoms with van der Waals surface area (Å²) in [5.41, 5.74) is 1.74. The van der Waals surface area contributed by atoms with Crippen LogP contribution in [-0.4, -0.2) is 32.2 Å². The van der Waals surface area contributed by atoms with Gasteiger partial charge in [-0.3, -0.25) is 9.39 Å². The lowest BCUT2D eigenvalue weighted by molar-refractivity contribution is -0.139. The fourth-order valence-electron chi connectivity index (χ4n) is 2.44. The molecule has 5 nitrogen and oxygen atoms in total. The van der Waals surface area contributed by atoms with Crippen LogP contribution >= 0.6 is 11.3 Å². The van der Waals surface area contributed by atoms with Gasteiger partial charge in [0.1, 0.15) is 0 Å². The van der Waals surface area contributed by atoms with Crippen LogP contribution < -0.4 is 0 Å². The zero-order valence-corrected chi connectivity index (χ0v) is 12.5. The third-order valence-corrected chi connectivity index (χ3v) is 4.66. The van der Waals surface area contributed by atoms with Crippen LogP contribution in [0.3, 0.4) is 0 Å². The summed E-state index contributed by atoms with van der Waals surface area (Å²) in [5, 5.41) is 11.2. The summed E-state index contributed by atoms with van der Waals surface area (Å²) >= 11 is 1.55. The first-order valence-electron chi connectivity index (χ1n) is 6.99. The summed E-state index contributed by atoms with van der Waals surface area (Å²) in [6.45, 7) is 0. The number of aliphatic imine (C=N–C) groups is 1. The number of benzene rings is 1. The van der Waals surface area contributed by atoms with Crippen molar-refractivity contribution in [1.29, 1.82) is 0 Å². The Kier molecular flexibility index (Phi) is 2.87. The van der Waals surface area contributed by atoms with Gasteiger partial charge in [0.15, 0.2) is 10.5 Å². The molecular formula is C16H13N3O2S. The number of hydrogen-bond acceptors (Lipinski definition) is 4. The van der Waals surface area contributed by atoms with Crippen LogP contribution in [0.25, 0.3) is 16.2 Å². The van der Waals surface area contributed by atoms with Gasteiger partial charge < -0.3 is 5.11 Å². The third-order valence-electron chi connectivity index (χ3n) is 3.90. The monoisotopic (exact) mass is 311 g/mol. The first-order valence-corrected chi connectivity index (χ1v) is 7.87. The van der Waals surface area contributed by atoms with Crippen molar-refractivity contribution in [2.24, 2.45) is 4.99 Å². The molecule has 0 bridgehead atoms. The normalized spacial score (nSPS) is 16.4. The lowest BCUT2D eigenvalue weighted by Crippen LogP contribution is -2.19. The Bertz CT molecular complexity index is 875. The number of carbonyl (C=O) groups is 1. The highest BCUT2D eigenvalue weighted by molar-refractivity contribution is 7.15. The second-order valence-electron chi connectivity index (χ2n) is 5.36. The Labute approximate surface area is 130 Å². The summed E-state index contributed by atoms with van der Waals surface area (Å²) in [7, 11) is 0. The smallest absolute Gasteiger partial charge is 0.331 e. The SMILES string of the molecule is O=C(O)C1(N=Cc2c(-c3ccccc3)nc3sccn23)CC1. The van der Waals surface area contributed by atoms with Crippen molar-refractivity contribution >= 4 is 28.5 Å². The minimum absolute atomic E-state index is 0.602. The van der Waals surface area contributed by atoms with E-state index >= 15 is 0 Å². The molecule has 0 spiro atoms. The Balaban J connectivity index is 1.84. The highest BCUT2D eigenvalue weighted by atomic mass is 32.1. The number of imidazole rings is 1. The van der Waals surface area contributed by atoms with E-state index < -0.39 is 11.5 Å². The molecule has 0 radical (unpaired) electrons. The molecule has 4 rings (SSSR count). The van der Waals surface area contributed by atoms with E-state index in [1.165, 1.54) is 0 Å². The average Bonchev–Trinajstić information content (AvgIpc) is 3.05. The van der Waals surface area contributed by atoms with Gasteiger partial charge in [0.25, 0.3) is 0 Å². The zero-order chi connectivity index (χ0) is 15.2. The maximum absolute atomic E-state index is 11.3. The van der Waals surface area contributed by atoms with E-state index in [9.17, 15) is 9.90 Å². The molecule has 1 aromatic carbocycles. The van der Waals surface area contributed by atoms with Gasteiger partial charge >= 0.3 is 5.97 Å². The number of carboxylic acids is 1. The number of aliphatic carboxylic acids is 1. The van der Waals surface area contributed by atoms with Gasteiger partial charge in [-0.1, -0.05) is 30.3 Å². The van der Waals surface area contributed by atoms with E-state index in [-0.39, 0.29) is 0 Å². The summed E-state index contributed by atoms with van der Waals surface area (Å²) in [4.78, 5) is 21.1. The molecule has 0 amide bonds. The third kappa shape index (κ3) is 2.03. The Morgan fingerprint density at radius 3 is 2.82 bits per heavy atom. The molecule has 0 atom stereocenters. The number of carboxylic acid groups (broad SMARTS) is 1. The summed E-state index contributed by atoms with van der Waals surface area (Å²) < 4.78 is 1.95. The molecule has 22 heavy (non-hydrogen) atoms. The number of aromatic nitrogens is 2. The van der Waals surface area contributed by atoms with Gasteiger partial charge in [-0.25, -0.2) is 9.78 Å². The van der Waals surface area contributed by atoms with Gasteiger partial charge in [-0.15, -0.1) is 11.3 Å². The van der Waals surface area contributed by atoms with Crippen LogP contribution in [-0.2, 0) is 4.79 Å². The molecule has 1 saturated carbocycles. The van der Waals surface area contributed by atoms with E-state index in [4.69, 9.17) is 0 Å². The second-order valence-corrected chi connectivity index (χ2v) is 6.24. The van der Waals surface area contributed by atoms with Gasteiger partial charge in [0, 0.05) is 23.4 Å². The average molecular weight is 311 g/mol. The van der Waals surface area contributed by atoms with Gasteiger partial charge in [0.2, 0.25) is 0 Å². The van der Waals surface area contributed by atoms with Crippen LogP contribution in [0.15, 0.2) is 46.9 Å². The summed E-state index contributed by atoms with van der Waals surface area (Å²) in [6, 6.07) is 9.87. The van der Waals surface area contributed by atoms with E-state index in [2.05, 4.69) is 9.98 Å². The van der Waals surface area contributed by atoms with Crippen molar-refractivity contribution < 1.29 is 9.90 Å². The minimum atomic E-state index is -0.922. The maximum Gasteiger partial charge on any atom is 0.331 e. The Morgan fingerprint density at radius 2 is 2.14 bits per heavy atom. The molecule has 3 aromatic rings. The Hall–Kier alpha value is -2.47. The first kappa shape index (κ1) is 13.2. The molecule has 1 N–H and O–H groups in total. The van der Waals surface area contributed by atoms with E-state index in [0.717, 1.165) is 21.9 Å². The molecule has 0 unspecified atom stereocenters. The Morgan fingerprint density at radius 1 is 1.36 bits per heavy atom. The number of rotatable bonds is 4. The standard InChI is InChI=1S/C16H13N3O2S/c20-14(21)16(6-7-16)17-10-12-13(11-4-2-1-3-5-11)18-15-19(12)8-9-22-15/h1-5,8-10H,6-7H2,(H,20,21). The summed E-state index contributed by atoms with van der Waals surface area (Å²) in [6.07, 6.45) is 4.80. The molecule has 2 heterocycles. The predicted molar refractivity (Wildman–Crippen MR) is 85.7 cm³/mol. The fraction of sp³-hybridized carbons (Fsp3) is 0.188. The largest absolute Gasteiger partial charge is 0.479 e. The minimum Gasteiger partial charge on any atom is -0.479 e. The van der Waals surface area contributed by atoms with Crippen molar-refractivity contribution in [3.63, 3.8) is 0 Å². The van der Waals surface area contributed by atoms with Crippen LogP contribution in [0.4, 0.5) is 0 Å². The summed E-state index contributed by atoms with van der Waals surface area (Å²) in [5.74, 6) is -0.851. The van der Waals surface area contributed by atoms with Crippen LogP contribution in [0.2, 0.25) is 0 Å². The molecule has 2 aromatic heterocycles. The van der Waals surface area contributed by atoms with E-state index in [1.54, 1.807) is 17.6 Å². The van der Waals surface area contributed by atoms with E-state index in [1.807, 2.05) is 46.3 Å². The molecule has 0 saturated heterocycles. The zero-order valence-electron chi connectivity index (χ0n) is 11.6. The van der Waals surface area contributed by atoms with Crippen molar-refractivity contribution in [1.82, 2.24) is 9.38 Å². The lowest BCUT2D eigenvalue weighted by Gasteiger charge is -2.03. The van der Waals surface area contributed by atoms with Crippen molar-refractivity contribution in [3.05, 3.63) is 47.6 Å². The molecule has 1 aliphatic rings. The number of hydrogen-bond donors (Lipinski definition) is 1. The van der Waals surface area contributed by atoms with Gasteiger partial charge in [0.05, 0.1) is 11.4 Å². The maximum atomic E-state index is 11.3. The van der Waals surface area contributed by atoms with Crippen LogP contribution in [0.1, 0.15) is 18.5 Å². The molecular weight excluding hydrogens is 298 g/mol. The molecule has 6 heteroatoms. The lowest BCUT2D eigenvalue weighted by atomic mass is 10.1. The van der Waals surface area contributed by atoms with Gasteiger partial charge in [-0.05, 0) is 12.8 Å². The first-order chi connectivity index (χ1) is 10.7. The van der Waals surface area contributed by atoms with Crippen LogP contribution in [0, 0.1) is 0 Å². The number of nitrogens with zero attached hydrogens (tertiary/aromatic N) is 3. The molecule has 1 aliphatic carbocycles. The fourth-order valence-corrected chi connectivity index (χ4v) is 3.16. The molecule has 0 aliphatic heterocycles. The number of thiazole rings is 1. The highest BCUT2D eigenvalue weighted by Crippen LogP contribution is 2.40. The topological polar surface area (TPSA) is 67.0 Å². The van der Waals surface area contributed by atoms with Crippen molar-refractivity contribution in [2.75, 3.05) is 0 Å². The van der Waals surface area contributed by atoms with Crippen molar-refractivity contribution in [3.8, 4) is 11.3 Å². The van der Waals surface area contributed by atoms with Crippen LogP contribution in [0.5, 0.6) is 0 Å². The molecule has 110 valence electrons. The highest BCUT2D eigenvalue weighted by Gasteiger charge is 2.50. The quantitative estimate of drug-likeness (QED) is 0.753. The van der Waals surface area contributed by atoms with Crippen molar-refractivity contribution in [2.45, 2.75) is 18.4 Å². The predicted octanol–water partition coefficient (Wildman–Crippen LogP) is 3.10.